The van der Waals surface area contributed by atoms with Crippen LogP contribution in [-0.4, -0.2) is 32.1 Å². The molecule has 0 radical (unpaired) electrons. The van der Waals surface area contributed by atoms with Gasteiger partial charge in [0, 0.05) is 6.07 Å². The van der Waals surface area contributed by atoms with Gasteiger partial charge in [-0.15, -0.1) is 0 Å². The second-order valence-electron chi connectivity index (χ2n) is 3.54. The zero-order chi connectivity index (χ0) is 12.3. The van der Waals surface area contributed by atoms with Gasteiger partial charge in [-0.25, -0.2) is 0 Å². The number of ketones is 1. The fourth-order valence-electron chi connectivity index (χ4n) is 1.52. The Balaban J connectivity index is 1.95. The Morgan fingerprint density at radius 1 is 1.47 bits per heavy atom. The number of benzene rings is 1. The summed E-state index contributed by atoms with van der Waals surface area (Å²) in [7, 11) is 1.33. The summed E-state index contributed by atoms with van der Waals surface area (Å²) in [6, 6.07) is 5.00. The minimum Gasteiger partial charge on any atom is -0.493 e. The average Bonchev–Trinajstić information content (AvgIpc) is 2.70. The van der Waals surface area contributed by atoms with Crippen molar-refractivity contribution in [2.45, 2.75) is 6.42 Å². The van der Waals surface area contributed by atoms with Gasteiger partial charge in [-0.05, 0) is 12.1 Å². The van der Waals surface area contributed by atoms with Gasteiger partial charge >= 0.3 is 5.97 Å². The first kappa shape index (κ1) is 11.4. The van der Waals surface area contributed by atoms with Gasteiger partial charge in [0.15, 0.2) is 6.61 Å². The van der Waals surface area contributed by atoms with E-state index in [-0.39, 0.29) is 31.4 Å². The maximum absolute atomic E-state index is 11.3. The fourth-order valence-corrected chi connectivity index (χ4v) is 1.52. The maximum Gasteiger partial charge on any atom is 0.308 e. The van der Waals surface area contributed by atoms with Crippen molar-refractivity contribution in [3.63, 3.8) is 0 Å². The van der Waals surface area contributed by atoms with E-state index >= 15 is 0 Å². The van der Waals surface area contributed by atoms with Crippen molar-refractivity contribution in [1.82, 2.24) is 0 Å². The van der Waals surface area contributed by atoms with Crippen LogP contribution in [0.4, 0.5) is 0 Å². The molecular formula is C12H12O5. The van der Waals surface area contributed by atoms with E-state index in [0.717, 1.165) is 0 Å². The first-order valence-electron chi connectivity index (χ1n) is 5.20. The smallest absolute Gasteiger partial charge is 0.308 e. The molecule has 0 unspecified atom stereocenters. The summed E-state index contributed by atoms with van der Waals surface area (Å²) < 4.78 is 15.0. The highest BCUT2D eigenvalue weighted by Gasteiger charge is 2.21. The number of ether oxygens (including phenoxy) is 3. The zero-order valence-corrected chi connectivity index (χ0v) is 9.39. The second kappa shape index (κ2) is 4.86. The average molecular weight is 236 g/mol. The van der Waals surface area contributed by atoms with Crippen LogP contribution < -0.4 is 9.47 Å². The van der Waals surface area contributed by atoms with Crippen LogP contribution >= 0.6 is 0 Å². The van der Waals surface area contributed by atoms with Crippen LogP contribution in [0.2, 0.25) is 0 Å². The minimum atomic E-state index is -0.322. The lowest BCUT2D eigenvalue weighted by molar-refractivity contribution is -0.141. The molecule has 1 aliphatic heterocycles. The van der Waals surface area contributed by atoms with Crippen LogP contribution in [0.15, 0.2) is 18.2 Å². The first-order chi connectivity index (χ1) is 8.20. The normalized spacial score (nSPS) is 12.9. The number of hydrogen-bond donors (Lipinski definition) is 0. The highest BCUT2D eigenvalue weighted by Crippen LogP contribution is 2.29. The molecule has 1 aromatic rings. The fraction of sp³-hybridized carbons (Fsp3) is 0.333. The molecular weight excluding hydrogens is 224 g/mol. The molecule has 2 rings (SSSR count). The number of esters is 1. The van der Waals surface area contributed by atoms with E-state index in [1.165, 1.54) is 7.11 Å². The summed E-state index contributed by atoms with van der Waals surface area (Å²) in [6.07, 6.45) is 0.188. The lowest BCUT2D eigenvalue weighted by atomic mass is 10.1. The summed E-state index contributed by atoms with van der Waals surface area (Å²) >= 11 is 0. The Bertz CT molecular complexity index is 452. The molecule has 1 aliphatic rings. The van der Waals surface area contributed by atoms with E-state index in [0.29, 0.717) is 17.1 Å². The number of Topliss-reactive ketones (excluding diaryl/α,β-unsaturated/α-hetero) is 1. The quantitative estimate of drug-likeness (QED) is 0.735. The van der Waals surface area contributed by atoms with Crippen molar-refractivity contribution in [3.8, 4) is 11.5 Å². The van der Waals surface area contributed by atoms with Gasteiger partial charge in [-0.1, -0.05) is 0 Å². The molecule has 0 spiro atoms. The predicted molar refractivity (Wildman–Crippen MR) is 58.4 cm³/mol. The van der Waals surface area contributed by atoms with E-state index in [2.05, 4.69) is 4.74 Å². The first-order valence-corrected chi connectivity index (χ1v) is 5.20. The van der Waals surface area contributed by atoms with Crippen LogP contribution in [-0.2, 0) is 9.53 Å². The van der Waals surface area contributed by atoms with Gasteiger partial charge in [-0.3, -0.25) is 9.59 Å². The Morgan fingerprint density at radius 2 is 2.29 bits per heavy atom. The van der Waals surface area contributed by atoms with Crippen LogP contribution in [0.5, 0.6) is 11.5 Å². The summed E-state index contributed by atoms with van der Waals surface area (Å²) in [6.45, 7) is 0.320. The molecule has 0 N–H and O–H groups in total. The Hall–Kier alpha value is -2.04. The number of carbonyl (C=O) groups excluding carboxylic acids is 2. The van der Waals surface area contributed by atoms with E-state index in [9.17, 15) is 9.59 Å². The zero-order valence-electron chi connectivity index (χ0n) is 9.39. The van der Waals surface area contributed by atoms with Crippen molar-refractivity contribution in [3.05, 3.63) is 23.8 Å². The number of fused-ring (bicyclic) bond motifs is 1. The number of rotatable bonds is 4. The molecule has 0 atom stereocenters. The van der Waals surface area contributed by atoms with E-state index in [1.807, 2.05) is 0 Å². The van der Waals surface area contributed by atoms with E-state index in [1.54, 1.807) is 18.2 Å². The van der Waals surface area contributed by atoms with Gasteiger partial charge in [-0.2, -0.15) is 0 Å². The van der Waals surface area contributed by atoms with E-state index in [4.69, 9.17) is 9.47 Å². The van der Waals surface area contributed by atoms with Gasteiger partial charge in [0.05, 0.1) is 25.7 Å². The molecule has 0 fully saturated rings. The third-order valence-electron chi connectivity index (χ3n) is 2.41. The topological polar surface area (TPSA) is 61.8 Å². The van der Waals surface area contributed by atoms with Crippen molar-refractivity contribution in [2.75, 3.05) is 20.3 Å². The SMILES string of the molecule is COC(=O)CCOc1ccc2c(c1)OCC2=O. The molecule has 5 nitrogen and oxygen atoms in total. The molecule has 5 heteroatoms. The van der Waals surface area contributed by atoms with Gasteiger partial charge in [0.1, 0.15) is 11.5 Å². The highest BCUT2D eigenvalue weighted by atomic mass is 16.5. The highest BCUT2D eigenvalue weighted by molar-refractivity contribution is 6.02. The van der Waals surface area contributed by atoms with E-state index < -0.39 is 0 Å². The Morgan fingerprint density at radius 3 is 3.06 bits per heavy atom. The number of methoxy groups -OCH3 is 1. The maximum atomic E-state index is 11.3. The van der Waals surface area contributed by atoms with Crippen molar-refractivity contribution in [1.29, 1.82) is 0 Å². The molecule has 0 bridgehead atoms. The molecule has 0 aliphatic carbocycles. The lowest BCUT2D eigenvalue weighted by Gasteiger charge is -2.06. The van der Waals surface area contributed by atoms with Crippen LogP contribution in [0.25, 0.3) is 0 Å². The van der Waals surface area contributed by atoms with Crippen molar-refractivity contribution >= 4 is 11.8 Å². The molecule has 0 saturated carbocycles. The Labute approximate surface area is 98.3 Å². The van der Waals surface area contributed by atoms with Crippen LogP contribution in [0, 0.1) is 0 Å². The molecule has 17 heavy (non-hydrogen) atoms. The van der Waals surface area contributed by atoms with Crippen molar-refractivity contribution in [2.24, 2.45) is 0 Å². The van der Waals surface area contributed by atoms with Crippen LogP contribution in [0.3, 0.4) is 0 Å². The Kier molecular flexibility index (Phi) is 3.27. The van der Waals surface area contributed by atoms with Gasteiger partial charge in [0.2, 0.25) is 5.78 Å². The third-order valence-corrected chi connectivity index (χ3v) is 2.41. The second-order valence-corrected chi connectivity index (χ2v) is 3.54. The lowest BCUT2D eigenvalue weighted by Crippen LogP contribution is -2.07. The summed E-state index contributed by atoms with van der Waals surface area (Å²) in [5.74, 6) is 0.756. The standard InChI is InChI=1S/C12H12O5/c1-15-12(14)4-5-16-8-2-3-9-10(13)7-17-11(9)6-8/h2-3,6H,4-5,7H2,1H3. The predicted octanol–water partition coefficient (Wildman–Crippen LogP) is 1.20. The monoisotopic (exact) mass is 236 g/mol. The number of carbonyl (C=O) groups is 2. The summed E-state index contributed by atoms with van der Waals surface area (Å²) in [5.41, 5.74) is 0.574. The van der Waals surface area contributed by atoms with Gasteiger partial charge < -0.3 is 14.2 Å². The van der Waals surface area contributed by atoms with Gasteiger partial charge in [0.25, 0.3) is 0 Å². The minimum absolute atomic E-state index is 0.0267. The molecule has 1 heterocycles. The molecule has 0 saturated heterocycles. The van der Waals surface area contributed by atoms with Crippen LogP contribution in [0.1, 0.15) is 16.8 Å². The van der Waals surface area contributed by atoms with Crippen molar-refractivity contribution < 1.29 is 23.8 Å². The molecule has 1 aromatic carbocycles. The largest absolute Gasteiger partial charge is 0.493 e. The molecule has 0 aromatic heterocycles. The summed E-state index contributed by atoms with van der Waals surface area (Å²) in [5, 5.41) is 0. The summed E-state index contributed by atoms with van der Waals surface area (Å²) in [4.78, 5) is 22.2. The number of hydrogen-bond acceptors (Lipinski definition) is 5. The molecule has 0 amide bonds. The molecule has 90 valence electrons. The third kappa shape index (κ3) is 2.55.